The topological polar surface area (TPSA) is 76.1 Å². The number of carboxylic acids is 1. The van der Waals surface area contributed by atoms with E-state index >= 15 is 0 Å². The molecule has 1 aliphatic carbocycles. The lowest BCUT2D eigenvalue weighted by Gasteiger charge is -2.23. The van der Waals surface area contributed by atoms with Crippen molar-refractivity contribution in [3.63, 3.8) is 0 Å². The lowest BCUT2D eigenvalue weighted by Crippen LogP contribution is -2.40. The molecule has 102 valence electrons. The van der Waals surface area contributed by atoms with Gasteiger partial charge in [-0.3, -0.25) is 9.59 Å². The Hall–Kier alpha value is -1.14. The summed E-state index contributed by atoms with van der Waals surface area (Å²) in [5.41, 5.74) is 0. The summed E-state index contributed by atoms with van der Waals surface area (Å²) in [4.78, 5) is 24.7. The highest BCUT2D eigenvalue weighted by Gasteiger charge is 2.52. The zero-order valence-corrected chi connectivity index (χ0v) is 10.7. The molecule has 1 saturated carbocycles. The average Bonchev–Trinajstić information content (AvgIpc) is 3.04. The summed E-state index contributed by atoms with van der Waals surface area (Å²) in [6.45, 7) is 1.00. The maximum Gasteiger partial charge on any atom is 0.307 e. The highest BCUT2D eigenvalue weighted by Crippen LogP contribution is 2.41. The SMILES string of the molecule is COC[C@@H]1C[C@H](OC)CN1C(=O)C1CC1C(=O)O. The van der Waals surface area contributed by atoms with Gasteiger partial charge in [-0.05, 0) is 12.8 Å². The fourth-order valence-electron chi connectivity index (χ4n) is 2.62. The number of hydrogen-bond donors (Lipinski definition) is 1. The van der Waals surface area contributed by atoms with Gasteiger partial charge in [-0.15, -0.1) is 0 Å². The van der Waals surface area contributed by atoms with E-state index in [1.54, 1.807) is 19.1 Å². The molecule has 2 aliphatic rings. The molecule has 0 aromatic heterocycles. The molecular weight excluding hydrogens is 238 g/mol. The summed E-state index contributed by atoms with van der Waals surface area (Å²) in [5.74, 6) is -1.79. The van der Waals surface area contributed by atoms with E-state index in [4.69, 9.17) is 14.6 Å². The Labute approximate surface area is 106 Å². The number of hydrogen-bond acceptors (Lipinski definition) is 4. The van der Waals surface area contributed by atoms with Crippen LogP contribution in [0.2, 0.25) is 0 Å². The zero-order chi connectivity index (χ0) is 13.3. The van der Waals surface area contributed by atoms with E-state index in [2.05, 4.69) is 0 Å². The molecule has 0 aromatic carbocycles. The van der Waals surface area contributed by atoms with Crippen molar-refractivity contribution in [2.75, 3.05) is 27.4 Å². The van der Waals surface area contributed by atoms with Crippen molar-refractivity contribution in [1.29, 1.82) is 0 Å². The fraction of sp³-hybridized carbons (Fsp3) is 0.833. The van der Waals surface area contributed by atoms with Crippen LogP contribution in [0, 0.1) is 11.8 Å². The summed E-state index contributed by atoms with van der Waals surface area (Å²) in [5, 5.41) is 8.86. The van der Waals surface area contributed by atoms with E-state index in [0.717, 1.165) is 6.42 Å². The number of rotatable bonds is 5. The van der Waals surface area contributed by atoms with Crippen LogP contribution in [0.1, 0.15) is 12.8 Å². The highest BCUT2D eigenvalue weighted by atomic mass is 16.5. The molecule has 2 rings (SSSR count). The average molecular weight is 257 g/mol. The van der Waals surface area contributed by atoms with Gasteiger partial charge in [0.25, 0.3) is 0 Å². The normalized spacial score (nSPS) is 34.7. The lowest BCUT2D eigenvalue weighted by atomic mass is 10.2. The first kappa shape index (κ1) is 13.3. The molecule has 2 unspecified atom stereocenters. The van der Waals surface area contributed by atoms with E-state index in [1.165, 1.54) is 0 Å². The largest absolute Gasteiger partial charge is 0.481 e. The maximum atomic E-state index is 12.2. The Balaban J connectivity index is 1.98. The summed E-state index contributed by atoms with van der Waals surface area (Å²) in [6.07, 6.45) is 1.24. The predicted molar refractivity (Wildman–Crippen MR) is 62.0 cm³/mol. The number of carboxylic acid groups (broad SMARTS) is 1. The van der Waals surface area contributed by atoms with Gasteiger partial charge in [0.05, 0.1) is 30.6 Å². The molecule has 1 amide bonds. The number of ether oxygens (including phenoxy) is 2. The summed E-state index contributed by atoms with van der Waals surface area (Å²) < 4.78 is 10.4. The fourth-order valence-corrected chi connectivity index (χ4v) is 2.62. The molecule has 4 atom stereocenters. The minimum atomic E-state index is -0.876. The molecule has 6 heteroatoms. The second kappa shape index (κ2) is 5.24. The van der Waals surface area contributed by atoms with E-state index in [-0.39, 0.29) is 24.0 Å². The van der Waals surface area contributed by atoms with E-state index in [0.29, 0.717) is 19.6 Å². The number of carbonyl (C=O) groups excluding carboxylic acids is 1. The van der Waals surface area contributed by atoms with Crippen molar-refractivity contribution < 1.29 is 24.2 Å². The molecule has 0 aromatic rings. The van der Waals surface area contributed by atoms with Crippen LogP contribution in [0.4, 0.5) is 0 Å². The Kier molecular flexibility index (Phi) is 3.87. The molecule has 1 heterocycles. The molecule has 6 nitrogen and oxygen atoms in total. The van der Waals surface area contributed by atoms with Crippen molar-refractivity contribution in [3.8, 4) is 0 Å². The minimum absolute atomic E-state index is 0.00231. The zero-order valence-electron chi connectivity index (χ0n) is 10.7. The van der Waals surface area contributed by atoms with Crippen LogP contribution in [0.5, 0.6) is 0 Å². The molecule has 18 heavy (non-hydrogen) atoms. The van der Waals surface area contributed by atoms with Gasteiger partial charge in [0.15, 0.2) is 0 Å². The van der Waals surface area contributed by atoms with E-state index in [9.17, 15) is 9.59 Å². The Morgan fingerprint density at radius 1 is 1.28 bits per heavy atom. The van der Waals surface area contributed by atoms with Gasteiger partial charge >= 0.3 is 5.97 Å². The van der Waals surface area contributed by atoms with Crippen molar-refractivity contribution >= 4 is 11.9 Å². The van der Waals surface area contributed by atoms with Crippen LogP contribution < -0.4 is 0 Å². The Bertz CT molecular complexity index is 345. The van der Waals surface area contributed by atoms with Crippen LogP contribution in [-0.2, 0) is 19.1 Å². The lowest BCUT2D eigenvalue weighted by molar-refractivity contribution is -0.142. The van der Waals surface area contributed by atoms with Gasteiger partial charge in [0, 0.05) is 20.8 Å². The van der Waals surface area contributed by atoms with Crippen LogP contribution in [0.15, 0.2) is 0 Å². The first-order chi connectivity index (χ1) is 8.58. The number of methoxy groups -OCH3 is 2. The monoisotopic (exact) mass is 257 g/mol. The highest BCUT2D eigenvalue weighted by molar-refractivity contribution is 5.89. The number of amides is 1. The predicted octanol–water partition coefficient (Wildman–Crippen LogP) is -0.0306. The summed E-state index contributed by atoms with van der Waals surface area (Å²) in [7, 11) is 3.22. The van der Waals surface area contributed by atoms with Crippen LogP contribution in [0.3, 0.4) is 0 Å². The second-order valence-electron chi connectivity index (χ2n) is 4.98. The molecule has 1 aliphatic heterocycles. The number of carbonyl (C=O) groups is 2. The summed E-state index contributed by atoms with van der Waals surface area (Å²) >= 11 is 0. The molecule has 1 N–H and O–H groups in total. The van der Waals surface area contributed by atoms with Crippen LogP contribution in [-0.4, -0.2) is 61.4 Å². The Morgan fingerprint density at radius 2 is 2.00 bits per heavy atom. The van der Waals surface area contributed by atoms with Crippen molar-refractivity contribution in [2.45, 2.75) is 25.0 Å². The van der Waals surface area contributed by atoms with Crippen LogP contribution in [0.25, 0.3) is 0 Å². The number of likely N-dealkylation sites (tertiary alicyclic amines) is 1. The van der Waals surface area contributed by atoms with Gasteiger partial charge in [0.2, 0.25) is 5.91 Å². The first-order valence-corrected chi connectivity index (χ1v) is 6.13. The van der Waals surface area contributed by atoms with Crippen molar-refractivity contribution in [1.82, 2.24) is 4.90 Å². The van der Waals surface area contributed by atoms with Crippen LogP contribution >= 0.6 is 0 Å². The molecule has 1 saturated heterocycles. The number of aliphatic carboxylic acids is 1. The smallest absolute Gasteiger partial charge is 0.307 e. The standard InChI is InChI=1S/C12H19NO5/c1-17-6-7-3-8(18-2)5-13(7)11(14)9-4-10(9)12(15)16/h7-10H,3-6H2,1-2H3,(H,15,16)/t7-,8-,9?,10?/m0/s1. The van der Waals surface area contributed by atoms with E-state index < -0.39 is 11.9 Å². The Morgan fingerprint density at radius 3 is 2.50 bits per heavy atom. The molecule has 0 radical (unpaired) electrons. The number of nitrogens with zero attached hydrogens (tertiary/aromatic N) is 1. The van der Waals surface area contributed by atoms with Gasteiger partial charge < -0.3 is 19.5 Å². The first-order valence-electron chi connectivity index (χ1n) is 6.13. The minimum Gasteiger partial charge on any atom is -0.481 e. The molecular formula is C12H19NO5. The molecule has 2 fully saturated rings. The summed E-state index contributed by atoms with van der Waals surface area (Å²) in [6, 6.07) is 0.00231. The molecule has 0 spiro atoms. The van der Waals surface area contributed by atoms with Crippen molar-refractivity contribution in [2.24, 2.45) is 11.8 Å². The van der Waals surface area contributed by atoms with Gasteiger partial charge in [-0.1, -0.05) is 0 Å². The quantitative estimate of drug-likeness (QED) is 0.748. The molecule has 0 bridgehead atoms. The third kappa shape index (κ3) is 2.49. The van der Waals surface area contributed by atoms with Gasteiger partial charge in [0.1, 0.15) is 0 Å². The van der Waals surface area contributed by atoms with Gasteiger partial charge in [-0.25, -0.2) is 0 Å². The maximum absolute atomic E-state index is 12.2. The van der Waals surface area contributed by atoms with E-state index in [1.807, 2.05) is 0 Å². The third-order valence-corrected chi connectivity index (χ3v) is 3.78. The van der Waals surface area contributed by atoms with Gasteiger partial charge in [-0.2, -0.15) is 0 Å². The second-order valence-corrected chi connectivity index (χ2v) is 4.98. The van der Waals surface area contributed by atoms with Crippen molar-refractivity contribution in [3.05, 3.63) is 0 Å². The third-order valence-electron chi connectivity index (χ3n) is 3.78.